The second-order valence-corrected chi connectivity index (χ2v) is 6.68. The summed E-state index contributed by atoms with van der Waals surface area (Å²) in [5.41, 5.74) is 0.505. The van der Waals surface area contributed by atoms with Crippen LogP contribution < -0.4 is 0 Å². The Morgan fingerprint density at radius 1 is 1.20 bits per heavy atom. The Morgan fingerprint density at radius 3 is 2.90 bits per heavy atom. The zero-order valence-electron chi connectivity index (χ0n) is 11.6. The number of aliphatic hydroxyl groups excluding tert-OH is 1. The molecule has 1 saturated heterocycles. The molecule has 1 atom stereocenters. The molecule has 20 heavy (non-hydrogen) atoms. The molecule has 1 aromatic carbocycles. The molecule has 0 radical (unpaired) electrons. The SMILES string of the molecule is OC[C@]1(O)CCCN(Cc2csc3ccccc23)CC1. The molecule has 0 spiro atoms. The van der Waals surface area contributed by atoms with Gasteiger partial charge in [-0.2, -0.15) is 0 Å². The molecule has 1 aliphatic heterocycles. The number of hydrogen-bond acceptors (Lipinski definition) is 4. The van der Waals surface area contributed by atoms with Crippen LogP contribution in [-0.4, -0.2) is 40.4 Å². The van der Waals surface area contributed by atoms with E-state index >= 15 is 0 Å². The normalized spacial score (nSPS) is 24.9. The molecule has 1 fully saturated rings. The molecule has 0 bridgehead atoms. The number of nitrogens with zero attached hydrogens (tertiary/aromatic N) is 1. The lowest BCUT2D eigenvalue weighted by Crippen LogP contribution is -2.34. The largest absolute Gasteiger partial charge is 0.393 e. The van der Waals surface area contributed by atoms with Gasteiger partial charge in [-0.3, -0.25) is 4.90 Å². The molecule has 3 nitrogen and oxygen atoms in total. The molecule has 2 aromatic rings. The molecule has 2 heterocycles. The summed E-state index contributed by atoms with van der Waals surface area (Å²) in [5, 5.41) is 23.1. The predicted molar refractivity (Wildman–Crippen MR) is 83.0 cm³/mol. The van der Waals surface area contributed by atoms with Crippen molar-refractivity contribution in [3.63, 3.8) is 0 Å². The Labute approximate surface area is 123 Å². The van der Waals surface area contributed by atoms with E-state index in [1.54, 1.807) is 11.3 Å². The van der Waals surface area contributed by atoms with Crippen molar-refractivity contribution < 1.29 is 10.2 Å². The lowest BCUT2D eigenvalue weighted by molar-refractivity contribution is -0.0255. The third kappa shape index (κ3) is 2.88. The quantitative estimate of drug-likeness (QED) is 0.913. The monoisotopic (exact) mass is 291 g/mol. The van der Waals surface area contributed by atoms with Crippen molar-refractivity contribution in [2.75, 3.05) is 19.7 Å². The topological polar surface area (TPSA) is 43.7 Å². The van der Waals surface area contributed by atoms with Crippen molar-refractivity contribution in [3.05, 3.63) is 35.2 Å². The summed E-state index contributed by atoms with van der Waals surface area (Å²) in [6, 6.07) is 8.51. The van der Waals surface area contributed by atoms with Crippen molar-refractivity contribution in [1.82, 2.24) is 4.90 Å². The summed E-state index contributed by atoms with van der Waals surface area (Å²) in [6.45, 7) is 2.65. The van der Waals surface area contributed by atoms with E-state index in [2.05, 4.69) is 34.5 Å². The van der Waals surface area contributed by atoms with Gasteiger partial charge in [-0.1, -0.05) is 18.2 Å². The zero-order valence-corrected chi connectivity index (χ0v) is 12.4. The van der Waals surface area contributed by atoms with Crippen LogP contribution in [0.2, 0.25) is 0 Å². The number of benzene rings is 1. The Morgan fingerprint density at radius 2 is 2.05 bits per heavy atom. The van der Waals surface area contributed by atoms with Gasteiger partial charge in [0.05, 0.1) is 12.2 Å². The molecule has 2 N–H and O–H groups in total. The van der Waals surface area contributed by atoms with E-state index in [1.165, 1.54) is 15.6 Å². The molecular weight excluding hydrogens is 270 g/mol. The fraction of sp³-hybridized carbons (Fsp3) is 0.500. The van der Waals surface area contributed by atoms with E-state index in [0.717, 1.165) is 26.1 Å². The van der Waals surface area contributed by atoms with Gasteiger partial charge in [0.15, 0.2) is 0 Å². The maximum atomic E-state index is 10.2. The number of fused-ring (bicyclic) bond motifs is 1. The first kappa shape index (κ1) is 14.0. The average Bonchev–Trinajstić information content (AvgIpc) is 2.78. The van der Waals surface area contributed by atoms with Crippen LogP contribution in [-0.2, 0) is 6.54 Å². The van der Waals surface area contributed by atoms with Crippen LogP contribution in [0.1, 0.15) is 24.8 Å². The average molecular weight is 291 g/mol. The van der Waals surface area contributed by atoms with Gasteiger partial charge in [0.25, 0.3) is 0 Å². The lowest BCUT2D eigenvalue weighted by Gasteiger charge is -2.24. The lowest BCUT2D eigenvalue weighted by atomic mass is 9.96. The first-order valence-corrected chi connectivity index (χ1v) is 8.09. The summed E-state index contributed by atoms with van der Waals surface area (Å²) in [7, 11) is 0. The zero-order chi connectivity index (χ0) is 14.0. The fourth-order valence-electron chi connectivity index (χ4n) is 2.95. The van der Waals surface area contributed by atoms with Crippen LogP contribution in [0.5, 0.6) is 0 Å². The number of hydrogen-bond donors (Lipinski definition) is 2. The van der Waals surface area contributed by atoms with Crippen molar-refractivity contribution in [2.24, 2.45) is 0 Å². The van der Waals surface area contributed by atoms with E-state index < -0.39 is 5.60 Å². The van der Waals surface area contributed by atoms with Gasteiger partial charge in [0.1, 0.15) is 0 Å². The van der Waals surface area contributed by atoms with Crippen LogP contribution >= 0.6 is 11.3 Å². The van der Waals surface area contributed by atoms with Gasteiger partial charge < -0.3 is 10.2 Å². The van der Waals surface area contributed by atoms with E-state index in [1.807, 2.05) is 0 Å². The predicted octanol–water partition coefficient (Wildman–Crippen LogP) is 2.61. The highest BCUT2D eigenvalue weighted by Crippen LogP contribution is 2.28. The number of likely N-dealkylation sites (tertiary alicyclic amines) is 1. The third-order valence-corrected chi connectivity index (χ3v) is 5.27. The Kier molecular flexibility index (Phi) is 4.08. The fourth-order valence-corrected chi connectivity index (χ4v) is 3.90. The highest BCUT2D eigenvalue weighted by atomic mass is 32.1. The molecular formula is C16H21NO2S. The molecule has 1 aliphatic rings. The second-order valence-electron chi connectivity index (χ2n) is 5.77. The van der Waals surface area contributed by atoms with Crippen molar-refractivity contribution >= 4 is 21.4 Å². The van der Waals surface area contributed by atoms with Gasteiger partial charge in [-0.05, 0) is 48.2 Å². The van der Waals surface area contributed by atoms with Gasteiger partial charge in [-0.25, -0.2) is 0 Å². The van der Waals surface area contributed by atoms with Gasteiger partial charge in [0, 0.05) is 17.8 Å². The number of rotatable bonds is 3. The summed E-state index contributed by atoms with van der Waals surface area (Å²) >= 11 is 1.80. The molecule has 0 saturated carbocycles. The molecule has 108 valence electrons. The molecule has 0 unspecified atom stereocenters. The summed E-state index contributed by atoms with van der Waals surface area (Å²) in [4.78, 5) is 2.39. The van der Waals surface area contributed by atoms with E-state index in [4.69, 9.17) is 0 Å². The molecule has 1 aromatic heterocycles. The van der Waals surface area contributed by atoms with E-state index in [0.29, 0.717) is 12.8 Å². The molecule has 0 aliphatic carbocycles. The third-order valence-electron chi connectivity index (χ3n) is 4.26. The van der Waals surface area contributed by atoms with Crippen LogP contribution in [0.4, 0.5) is 0 Å². The Balaban J connectivity index is 1.72. The first-order valence-electron chi connectivity index (χ1n) is 7.21. The van der Waals surface area contributed by atoms with Crippen LogP contribution in [0.15, 0.2) is 29.6 Å². The van der Waals surface area contributed by atoms with Gasteiger partial charge >= 0.3 is 0 Å². The Bertz CT molecular complexity index is 583. The van der Waals surface area contributed by atoms with Crippen molar-refractivity contribution in [3.8, 4) is 0 Å². The van der Waals surface area contributed by atoms with Crippen molar-refractivity contribution in [1.29, 1.82) is 0 Å². The summed E-state index contributed by atoms with van der Waals surface area (Å²) in [6.07, 6.45) is 2.30. The highest BCUT2D eigenvalue weighted by Gasteiger charge is 2.29. The van der Waals surface area contributed by atoms with E-state index in [9.17, 15) is 10.2 Å². The minimum absolute atomic E-state index is 0.123. The van der Waals surface area contributed by atoms with Gasteiger partial charge in [0.2, 0.25) is 0 Å². The maximum absolute atomic E-state index is 10.2. The van der Waals surface area contributed by atoms with Crippen molar-refractivity contribution in [2.45, 2.75) is 31.4 Å². The Hall–Kier alpha value is -0.940. The van der Waals surface area contributed by atoms with Gasteiger partial charge in [-0.15, -0.1) is 11.3 Å². The molecule has 4 heteroatoms. The number of thiophene rings is 1. The molecule has 3 rings (SSSR count). The van der Waals surface area contributed by atoms with Crippen LogP contribution in [0.25, 0.3) is 10.1 Å². The minimum atomic E-state index is -0.870. The summed E-state index contributed by atoms with van der Waals surface area (Å²) in [5.74, 6) is 0. The smallest absolute Gasteiger partial charge is 0.0890 e. The number of aliphatic hydroxyl groups is 2. The second kappa shape index (κ2) is 5.82. The van der Waals surface area contributed by atoms with Crippen LogP contribution in [0.3, 0.4) is 0 Å². The first-order chi connectivity index (χ1) is 9.70. The standard InChI is InChI=1S/C16H21NO2S/c18-12-16(19)6-3-8-17(9-7-16)10-13-11-20-15-5-2-1-4-14(13)15/h1-2,4-5,11,18-19H,3,6-10,12H2/t16-/m0/s1. The minimum Gasteiger partial charge on any atom is -0.393 e. The maximum Gasteiger partial charge on any atom is 0.0890 e. The highest BCUT2D eigenvalue weighted by molar-refractivity contribution is 7.17. The van der Waals surface area contributed by atoms with E-state index in [-0.39, 0.29) is 6.61 Å². The van der Waals surface area contributed by atoms with Crippen LogP contribution in [0, 0.1) is 0 Å². The molecule has 0 amide bonds. The summed E-state index contributed by atoms with van der Waals surface area (Å²) < 4.78 is 1.34.